The molecule has 1 heterocycles. The summed E-state index contributed by atoms with van der Waals surface area (Å²) in [6.07, 6.45) is 1.28. The summed E-state index contributed by atoms with van der Waals surface area (Å²) in [4.78, 5) is 17.9. The molecule has 0 amide bonds. The predicted molar refractivity (Wildman–Crippen MR) is 55.0 cm³/mol. The van der Waals surface area contributed by atoms with Gasteiger partial charge in [0.2, 0.25) is 0 Å². The molecule has 0 spiro atoms. The number of aromatic amines is 1. The van der Waals surface area contributed by atoms with Crippen LogP contribution in [0.1, 0.15) is 5.56 Å². The highest BCUT2D eigenvalue weighted by atomic mass is 16.1. The SMILES string of the molecule is N#Cc1cnc(-c2ccccc2)[nH]c1=O. The lowest BCUT2D eigenvalue weighted by Gasteiger charge is -1.98. The van der Waals surface area contributed by atoms with Gasteiger partial charge in [-0.25, -0.2) is 4.98 Å². The Balaban J connectivity index is 2.54. The number of H-pyrrole nitrogens is 1. The van der Waals surface area contributed by atoms with Crippen LogP contribution in [-0.2, 0) is 0 Å². The van der Waals surface area contributed by atoms with Gasteiger partial charge in [0.15, 0.2) is 0 Å². The van der Waals surface area contributed by atoms with Crippen molar-refractivity contribution in [3.63, 3.8) is 0 Å². The number of nitrogens with zero attached hydrogens (tertiary/aromatic N) is 2. The fourth-order valence-corrected chi connectivity index (χ4v) is 1.22. The van der Waals surface area contributed by atoms with Crippen molar-refractivity contribution in [1.29, 1.82) is 5.26 Å². The molecule has 4 nitrogen and oxygen atoms in total. The van der Waals surface area contributed by atoms with Gasteiger partial charge in [0.1, 0.15) is 17.5 Å². The first-order valence-corrected chi connectivity index (χ1v) is 4.36. The average Bonchev–Trinajstić information content (AvgIpc) is 2.30. The maximum absolute atomic E-state index is 11.3. The summed E-state index contributed by atoms with van der Waals surface area (Å²) in [7, 11) is 0. The van der Waals surface area contributed by atoms with E-state index in [9.17, 15) is 4.79 Å². The Morgan fingerprint density at radius 2 is 2.00 bits per heavy atom. The summed E-state index contributed by atoms with van der Waals surface area (Å²) in [5.74, 6) is 0.472. The molecule has 15 heavy (non-hydrogen) atoms. The molecule has 0 aliphatic heterocycles. The summed E-state index contributed by atoms with van der Waals surface area (Å²) in [5, 5.41) is 8.57. The van der Waals surface area contributed by atoms with Gasteiger partial charge in [-0.05, 0) is 0 Å². The van der Waals surface area contributed by atoms with Gasteiger partial charge < -0.3 is 4.98 Å². The van der Waals surface area contributed by atoms with Crippen LogP contribution in [0.5, 0.6) is 0 Å². The molecule has 1 N–H and O–H groups in total. The second-order valence-corrected chi connectivity index (χ2v) is 2.95. The Kier molecular flexibility index (Phi) is 2.30. The summed E-state index contributed by atoms with van der Waals surface area (Å²) in [5.41, 5.74) is 0.431. The molecular weight excluding hydrogens is 190 g/mol. The molecule has 72 valence electrons. The molecule has 0 bridgehead atoms. The van der Waals surface area contributed by atoms with Crippen molar-refractivity contribution in [2.24, 2.45) is 0 Å². The van der Waals surface area contributed by atoms with E-state index in [0.717, 1.165) is 5.56 Å². The Morgan fingerprint density at radius 1 is 1.27 bits per heavy atom. The molecule has 0 unspecified atom stereocenters. The zero-order valence-electron chi connectivity index (χ0n) is 7.77. The van der Waals surface area contributed by atoms with Crippen molar-refractivity contribution < 1.29 is 0 Å². The van der Waals surface area contributed by atoms with Crippen LogP contribution in [0.4, 0.5) is 0 Å². The fourth-order valence-electron chi connectivity index (χ4n) is 1.22. The van der Waals surface area contributed by atoms with Crippen LogP contribution >= 0.6 is 0 Å². The van der Waals surface area contributed by atoms with Crippen LogP contribution in [0.15, 0.2) is 41.3 Å². The van der Waals surface area contributed by atoms with Gasteiger partial charge in [-0.1, -0.05) is 30.3 Å². The lowest BCUT2D eigenvalue weighted by molar-refractivity contribution is 1.11. The normalized spacial score (nSPS) is 9.53. The van der Waals surface area contributed by atoms with Crippen molar-refractivity contribution in [2.45, 2.75) is 0 Å². The Labute approximate surface area is 85.8 Å². The summed E-state index contributed by atoms with van der Waals surface area (Å²) in [6, 6.07) is 11.0. The topological polar surface area (TPSA) is 69.5 Å². The number of rotatable bonds is 1. The maximum atomic E-state index is 11.3. The highest BCUT2D eigenvalue weighted by molar-refractivity contribution is 5.54. The minimum absolute atomic E-state index is 0.0229. The predicted octanol–water partition coefficient (Wildman–Crippen LogP) is 1.31. The highest BCUT2D eigenvalue weighted by Crippen LogP contribution is 2.11. The third kappa shape index (κ3) is 1.76. The maximum Gasteiger partial charge on any atom is 0.269 e. The molecule has 0 radical (unpaired) electrons. The van der Waals surface area contributed by atoms with Crippen molar-refractivity contribution in [1.82, 2.24) is 9.97 Å². The molecule has 4 heteroatoms. The fraction of sp³-hybridized carbons (Fsp3) is 0. The van der Waals surface area contributed by atoms with Crippen LogP contribution in [-0.4, -0.2) is 9.97 Å². The first-order chi connectivity index (χ1) is 7.31. The van der Waals surface area contributed by atoms with Crippen LogP contribution < -0.4 is 5.56 Å². The molecule has 1 aromatic heterocycles. The van der Waals surface area contributed by atoms with Crippen LogP contribution in [0.3, 0.4) is 0 Å². The van der Waals surface area contributed by atoms with E-state index in [1.807, 2.05) is 30.3 Å². The minimum Gasteiger partial charge on any atom is -0.305 e. The molecule has 0 aliphatic carbocycles. The summed E-state index contributed by atoms with van der Waals surface area (Å²) >= 11 is 0. The van der Waals surface area contributed by atoms with Gasteiger partial charge in [0.25, 0.3) is 5.56 Å². The van der Waals surface area contributed by atoms with Gasteiger partial charge in [0, 0.05) is 5.56 Å². The van der Waals surface area contributed by atoms with E-state index in [4.69, 9.17) is 5.26 Å². The number of nitrogens with one attached hydrogen (secondary N) is 1. The molecule has 0 fully saturated rings. The first-order valence-electron chi connectivity index (χ1n) is 4.36. The van der Waals surface area contributed by atoms with E-state index in [0.29, 0.717) is 5.82 Å². The standard InChI is InChI=1S/C11H7N3O/c12-6-9-7-13-10(14-11(9)15)8-4-2-1-3-5-8/h1-5,7H,(H,13,14,15). The highest BCUT2D eigenvalue weighted by Gasteiger charge is 2.02. The van der Waals surface area contributed by atoms with Crippen molar-refractivity contribution in [2.75, 3.05) is 0 Å². The quantitative estimate of drug-likeness (QED) is 0.749. The number of hydrogen-bond donors (Lipinski definition) is 1. The van der Waals surface area contributed by atoms with E-state index >= 15 is 0 Å². The molecule has 1 aromatic carbocycles. The molecule has 0 saturated heterocycles. The number of benzene rings is 1. The largest absolute Gasteiger partial charge is 0.305 e. The Morgan fingerprint density at radius 3 is 2.60 bits per heavy atom. The van der Waals surface area contributed by atoms with Gasteiger partial charge in [-0.3, -0.25) is 4.79 Å². The minimum atomic E-state index is -0.411. The zero-order chi connectivity index (χ0) is 10.7. The van der Waals surface area contributed by atoms with Gasteiger partial charge >= 0.3 is 0 Å². The second-order valence-electron chi connectivity index (χ2n) is 2.95. The van der Waals surface area contributed by atoms with Gasteiger partial charge in [-0.15, -0.1) is 0 Å². The van der Waals surface area contributed by atoms with E-state index in [-0.39, 0.29) is 5.56 Å². The average molecular weight is 197 g/mol. The second kappa shape index (κ2) is 3.76. The van der Waals surface area contributed by atoms with Gasteiger partial charge in [-0.2, -0.15) is 5.26 Å². The van der Waals surface area contributed by atoms with Crippen LogP contribution in [0, 0.1) is 11.3 Å². The first kappa shape index (κ1) is 9.16. The lowest BCUT2D eigenvalue weighted by atomic mass is 10.2. The summed E-state index contributed by atoms with van der Waals surface area (Å²) < 4.78 is 0. The smallest absolute Gasteiger partial charge is 0.269 e. The molecule has 0 aliphatic rings. The monoisotopic (exact) mass is 197 g/mol. The Hall–Kier alpha value is -2.41. The van der Waals surface area contributed by atoms with Crippen molar-refractivity contribution in [3.8, 4) is 17.5 Å². The number of nitriles is 1. The van der Waals surface area contributed by atoms with E-state index in [1.165, 1.54) is 6.20 Å². The molecule has 0 saturated carbocycles. The molecule has 2 aromatic rings. The van der Waals surface area contributed by atoms with Gasteiger partial charge in [0.05, 0.1) is 6.20 Å². The molecule has 0 atom stereocenters. The van der Waals surface area contributed by atoms with Crippen LogP contribution in [0.2, 0.25) is 0 Å². The van der Waals surface area contributed by atoms with E-state index in [2.05, 4.69) is 9.97 Å². The lowest BCUT2D eigenvalue weighted by Crippen LogP contribution is -2.11. The Bertz CT molecular complexity index is 566. The third-order valence-electron chi connectivity index (χ3n) is 1.97. The van der Waals surface area contributed by atoms with Crippen molar-refractivity contribution >= 4 is 0 Å². The van der Waals surface area contributed by atoms with Crippen LogP contribution in [0.25, 0.3) is 11.4 Å². The number of aromatic nitrogens is 2. The van der Waals surface area contributed by atoms with Crippen molar-refractivity contribution in [3.05, 3.63) is 52.4 Å². The third-order valence-corrected chi connectivity index (χ3v) is 1.97. The van der Waals surface area contributed by atoms with E-state index in [1.54, 1.807) is 6.07 Å². The molecular formula is C11H7N3O. The number of hydrogen-bond acceptors (Lipinski definition) is 3. The van der Waals surface area contributed by atoms with E-state index < -0.39 is 5.56 Å². The zero-order valence-corrected chi connectivity index (χ0v) is 7.77. The molecule has 2 rings (SSSR count). The summed E-state index contributed by atoms with van der Waals surface area (Å²) in [6.45, 7) is 0.